The van der Waals surface area contributed by atoms with Crippen molar-refractivity contribution in [1.82, 2.24) is 10.2 Å². The van der Waals surface area contributed by atoms with Crippen molar-refractivity contribution >= 4 is 0 Å². The Bertz CT molecular complexity index is 227. The minimum Gasteiger partial charge on any atom is -0.312 e. The van der Waals surface area contributed by atoms with Crippen molar-refractivity contribution in [3.05, 3.63) is 0 Å². The van der Waals surface area contributed by atoms with E-state index in [1.165, 1.54) is 32.1 Å². The van der Waals surface area contributed by atoms with Crippen LogP contribution >= 0.6 is 0 Å². The lowest BCUT2D eigenvalue weighted by atomic mass is 9.78. The Kier molecular flexibility index (Phi) is 4.48. The molecule has 2 rings (SSSR count). The lowest BCUT2D eigenvalue weighted by Gasteiger charge is -2.37. The molecule has 3 atom stereocenters. The molecule has 0 aromatic carbocycles. The second-order valence-corrected chi connectivity index (χ2v) is 6.57. The summed E-state index contributed by atoms with van der Waals surface area (Å²) in [6.07, 6.45) is 7.08. The van der Waals surface area contributed by atoms with Crippen molar-refractivity contribution < 1.29 is 0 Å². The van der Waals surface area contributed by atoms with Crippen LogP contribution in [0.2, 0.25) is 0 Å². The summed E-state index contributed by atoms with van der Waals surface area (Å²) in [5.74, 6) is 1.72. The molecule has 3 unspecified atom stereocenters. The van der Waals surface area contributed by atoms with Gasteiger partial charge in [-0.05, 0) is 51.5 Å². The standard InChI is InChI=1S/C15H30N2/c1-11-6-5-7-12(2)15(11)16-10-13(3)17(4)14-8-9-14/h11-16H,5-10H2,1-4H3. The summed E-state index contributed by atoms with van der Waals surface area (Å²) < 4.78 is 0. The van der Waals surface area contributed by atoms with Crippen molar-refractivity contribution in [3.8, 4) is 0 Å². The molecule has 0 amide bonds. The zero-order valence-corrected chi connectivity index (χ0v) is 12.1. The van der Waals surface area contributed by atoms with Gasteiger partial charge in [-0.25, -0.2) is 0 Å². The maximum absolute atomic E-state index is 3.84. The van der Waals surface area contributed by atoms with Gasteiger partial charge in [-0.2, -0.15) is 0 Å². The third-order valence-corrected chi connectivity index (χ3v) is 5.01. The smallest absolute Gasteiger partial charge is 0.0192 e. The van der Waals surface area contributed by atoms with E-state index in [0.29, 0.717) is 6.04 Å². The van der Waals surface area contributed by atoms with Gasteiger partial charge in [0, 0.05) is 24.7 Å². The quantitative estimate of drug-likeness (QED) is 0.792. The summed E-state index contributed by atoms with van der Waals surface area (Å²) in [7, 11) is 2.29. The topological polar surface area (TPSA) is 15.3 Å². The second-order valence-electron chi connectivity index (χ2n) is 6.57. The van der Waals surface area contributed by atoms with Gasteiger partial charge in [0.15, 0.2) is 0 Å². The molecule has 2 fully saturated rings. The molecule has 2 aliphatic carbocycles. The van der Waals surface area contributed by atoms with Crippen LogP contribution < -0.4 is 5.32 Å². The molecule has 0 spiro atoms. The van der Waals surface area contributed by atoms with Crippen molar-refractivity contribution in [1.29, 1.82) is 0 Å². The van der Waals surface area contributed by atoms with E-state index in [1.807, 2.05) is 0 Å². The molecule has 0 heterocycles. The summed E-state index contributed by atoms with van der Waals surface area (Å²) in [5.41, 5.74) is 0. The molecular formula is C15H30N2. The van der Waals surface area contributed by atoms with Crippen molar-refractivity contribution in [2.45, 2.75) is 71.0 Å². The van der Waals surface area contributed by atoms with E-state index in [4.69, 9.17) is 0 Å². The molecule has 0 bridgehead atoms. The minimum atomic E-state index is 0.684. The van der Waals surface area contributed by atoms with E-state index < -0.39 is 0 Å². The average molecular weight is 238 g/mol. The van der Waals surface area contributed by atoms with Gasteiger partial charge in [-0.1, -0.05) is 20.3 Å². The molecule has 17 heavy (non-hydrogen) atoms. The third kappa shape index (κ3) is 3.45. The Labute approximate surface area is 107 Å². The van der Waals surface area contributed by atoms with Crippen LogP contribution in [-0.4, -0.2) is 36.6 Å². The van der Waals surface area contributed by atoms with Gasteiger partial charge in [0.25, 0.3) is 0 Å². The highest BCUT2D eigenvalue weighted by Gasteiger charge is 2.31. The largest absolute Gasteiger partial charge is 0.312 e. The fourth-order valence-electron chi connectivity index (χ4n) is 3.38. The predicted molar refractivity (Wildman–Crippen MR) is 74.2 cm³/mol. The van der Waals surface area contributed by atoms with Crippen LogP contribution in [0.4, 0.5) is 0 Å². The first-order chi connectivity index (χ1) is 8.09. The van der Waals surface area contributed by atoms with E-state index in [0.717, 1.165) is 30.5 Å². The summed E-state index contributed by atoms with van der Waals surface area (Å²) in [5, 5.41) is 3.84. The van der Waals surface area contributed by atoms with Gasteiger partial charge in [0.05, 0.1) is 0 Å². The van der Waals surface area contributed by atoms with Gasteiger partial charge in [0.1, 0.15) is 0 Å². The molecule has 2 heteroatoms. The van der Waals surface area contributed by atoms with Crippen LogP contribution in [0.3, 0.4) is 0 Å². The first-order valence-corrected chi connectivity index (χ1v) is 7.55. The van der Waals surface area contributed by atoms with Gasteiger partial charge in [0.2, 0.25) is 0 Å². The normalized spacial score (nSPS) is 36.2. The van der Waals surface area contributed by atoms with Crippen LogP contribution in [0.1, 0.15) is 52.9 Å². The van der Waals surface area contributed by atoms with Crippen LogP contribution in [0, 0.1) is 11.8 Å². The zero-order chi connectivity index (χ0) is 12.4. The Morgan fingerprint density at radius 3 is 2.24 bits per heavy atom. The van der Waals surface area contributed by atoms with E-state index in [2.05, 4.69) is 38.0 Å². The number of nitrogens with zero attached hydrogens (tertiary/aromatic N) is 1. The number of likely N-dealkylation sites (N-methyl/N-ethyl adjacent to an activating group) is 1. The van der Waals surface area contributed by atoms with Gasteiger partial charge < -0.3 is 5.32 Å². The fraction of sp³-hybridized carbons (Fsp3) is 1.00. The predicted octanol–water partition coefficient (Wildman–Crippen LogP) is 2.88. The minimum absolute atomic E-state index is 0.684. The lowest BCUT2D eigenvalue weighted by molar-refractivity contribution is 0.179. The Balaban J connectivity index is 1.75. The zero-order valence-electron chi connectivity index (χ0n) is 12.1. The van der Waals surface area contributed by atoms with Gasteiger partial charge in [-0.15, -0.1) is 0 Å². The molecule has 0 radical (unpaired) electrons. The summed E-state index contributed by atoms with van der Waals surface area (Å²) in [6.45, 7) is 8.36. The average Bonchev–Trinajstić information content (AvgIpc) is 3.11. The van der Waals surface area contributed by atoms with E-state index in [9.17, 15) is 0 Å². The molecular weight excluding hydrogens is 208 g/mol. The molecule has 0 saturated heterocycles. The number of rotatable bonds is 5. The van der Waals surface area contributed by atoms with Crippen molar-refractivity contribution in [3.63, 3.8) is 0 Å². The first kappa shape index (κ1) is 13.4. The van der Waals surface area contributed by atoms with Crippen molar-refractivity contribution in [2.24, 2.45) is 11.8 Å². The summed E-state index contributed by atoms with van der Waals surface area (Å²) in [6, 6.07) is 2.32. The molecule has 2 nitrogen and oxygen atoms in total. The number of nitrogens with one attached hydrogen (secondary N) is 1. The molecule has 2 saturated carbocycles. The Hall–Kier alpha value is -0.0800. The molecule has 0 aromatic rings. The summed E-state index contributed by atoms with van der Waals surface area (Å²) in [4.78, 5) is 2.56. The third-order valence-electron chi connectivity index (χ3n) is 5.01. The van der Waals surface area contributed by atoms with Crippen LogP contribution in [0.15, 0.2) is 0 Å². The molecule has 100 valence electrons. The number of hydrogen-bond acceptors (Lipinski definition) is 2. The van der Waals surface area contributed by atoms with Crippen LogP contribution in [-0.2, 0) is 0 Å². The molecule has 1 N–H and O–H groups in total. The first-order valence-electron chi connectivity index (χ1n) is 7.55. The maximum atomic E-state index is 3.84. The highest BCUT2D eigenvalue weighted by Crippen LogP contribution is 2.29. The molecule has 2 aliphatic rings. The van der Waals surface area contributed by atoms with E-state index in [-0.39, 0.29) is 0 Å². The number of hydrogen-bond donors (Lipinski definition) is 1. The maximum Gasteiger partial charge on any atom is 0.0192 e. The summed E-state index contributed by atoms with van der Waals surface area (Å²) >= 11 is 0. The highest BCUT2D eigenvalue weighted by molar-refractivity contribution is 4.88. The van der Waals surface area contributed by atoms with Gasteiger partial charge in [-0.3, -0.25) is 4.90 Å². The SMILES string of the molecule is CC1CCCC(C)C1NCC(C)N(C)C1CC1. The molecule has 0 aromatic heterocycles. The van der Waals surface area contributed by atoms with Crippen molar-refractivity contribution in [2.75, 3.05) is 13.6 Å². The Morgan fingerprint density at radius 2 is 1.71 bits per heavy atom. The van der Waals surface area contributed by atoms with E-state index in [1.54, 1.807) is 0 Å². The fourth-order valence-corrected chi connectivity index (χ4v) is 3.38. The lowest BCUT2D eigenvalue weighted by Crippen LogP contribution is -2.48. The second kappa shape index (κ2) is 5.71. The van der Waals surface area contributed by atoms with E-state index >= 15 is 0 Å². The highest BCUT2D eigenvalue weighted by atomic mass is 15.2. The molecule has 0 aliphatic heterocycles. The van der Waals surface area contributed by atoms with Crippen LogP contribution in [0.25, 0.3) is 0 Å². The Morgan fingerprint density at radius 1 is 1.12 bits per heavy atom. The van der Waals surface area contributed by atoms with Crippen LogP contribution in [0.5, 0.6) is 0 Å². The monoisotopic (exact) mass is 238 g/mol. The van der Waals surface area contributed by atoms with Gasteiger partial charge >= 0.3 is 0 Å².